The Morgan fingerprint density at radius 2 is 1.79 bits per heavy atom. The third-order valence-corrected chi connectivity index (χ3v) is 7.67. The van der Waals surface area contributed by atoms with E-state index in [1.54, 1.807) is 7.11 Å². The third-order valence-electron chi connectivity index (χ3n) is 7.67. The van der Waals surface area contributed by atoms with Gasteiger partial charge in [0.05, 0.1) is 16.8 Å². The topological polar surface area (TPSA) is 70.2 Å². The minimum absolute atomic E-state index is 0.00235. The summed E-state index contributed by atoms with van der Waals surface area (Å²) >= 11 is 0. The molecular formula is C32H32N4O2. The Morgan fingerprint density at radius 1 is 1.03 bits per heavy atom. The van der Waals surface area contributed by atoms with Crippen LogP contribution in [0.1, 0.15) is 40.8 Å². The maximum atomic E-state index is 12.6. The van der Waals surface area contributed by atoms with Crippen molar-refractivity contribution in [1.82, 2.24) is 20.4 Å². The van der Waals surface area contributed by atoms with Gasteiger partial charge in [0.15, 0.2) is 0 Å². The van der Waals surface area contributed by atoms with E-state index in [0.717, 1.165) is 58.5 Å². The van der Waals surface area contributed by atoms with Gasteiger partial charge in [-0.15, -0.1) is 0 Å². The zero-order chi connectivity index (χ0) is 26.1. The molecule has 2 saturated heterocycles. The van der Waals surface area contributed by atoms with E-state index < -0.39 is 0 Å². The van der Waals surface area contributed by atoms with Crippen LogP contribution < -0.4 is 5.32 Å². The number of aromatic nitrogens is 2. The number of carbonyl (C=O) groups excluding carboxylic acids is 1. The molecule has 0 spiro atoms. The van der Waals surface area contributed by atoms with E-state index in [1.165, 1.54) is 5.56 Å². The fourth-order valence-corrected chi connectivity index (χ4v) is 5.48. The summed E-state index contributed by atoms with van der Waals surface area (Å²) < 4.78 is 5.54. The van der Waals surface area contributed by atoms with Gasteiger partial charge in [0.25, 0.3) is 0 Å². The number of aromatic amines is 1. The van der Waals surface area contributed by atoms with Crippen LogP contribution in [0, 0.1) is 0 Å². The standard InChI is InChI=1S/C32H32N4O2/c1-32(38-2)20-36(21-32)19-23-10-8-22(9-11-23)13-15-29-26-14-12-24(17-30(26)35-34-29)16-27-28(18-33-31(27)37)25-6-4-3-5-7-25/h3-17,28H,18-21H2,1-2H3,(H,33,37)(H,34,35)/b15-13+,27-16+. The van der Waals surface area contributed by atoms with Crippen molar-refractivity contribution in [1.29, 1.82) is 0 Å². The Balaban J connectivity index is 1.15. The Bertz CT molecular complexity index is 1510. The first-order valence-electron chi connectivity index (χ1n) is 13.1. The van der Waals surface area contributed by atoms with Crippen LogP contribution in [-0.4, -0.2) is 53.3 Å². The van der Waals surface area contributed by atoms with Gasteiger partial charge in [-0.05, 0) is 53.5 Å². The highest BCUT2D eigenvalue weighted by molar-refractivity contribution is 6.02. The van der Waals surface area contributed by atoms with E-state index in [-0.39, 0.29) is 17.4 Å². The van der Waals surface area contributed by atoms with Gasteiger partial charge in [0.1, 0.15) is 0 Å². The average Bonchev–Trinajstić information content (AvgIpc) is 3.50. The maximum Gasteiger partial charge on any atom is 0.247 e. The van der Waals surface area contributed by atoms with Gasteiger partial charge < -0.3 is 10.1 Å². The first kappa shape index (κ1) is 24.3. The number of nitrogens with one attached hydrogen (secondary N) is 2. The smallest absolute Gasteiger partial charge is 0.247 e. The van der Waals surface area contributed by atoms with E-state index in [9.17, 15) is 4.79 Å². The number of likely N-dealkylation sites (tertiary alicyclic amines) is 1. The van der Waals surface area contributed by atoms with Crippen molar-refractivity contribution >= 4 is 35.0 Å². The lowest BCUT2D eigenvalue weighted by Crippen LogP contribution is -2.60. The molecule has 2 aliphatic rings. The van der Waals surface area contributed by atoms with Crippen molar-refractivity contribution in [2.75, 3.05) is 26.7 Å². The molecule has 2 aliphatic heterocycles. The first-order valence-corrected chi connectivity index (χ1v) is 13.1. The summed E-state index contributed by atoms with van der Waals surface area (Å²) in [4.78, 5) is 15.0. The number of nitrogens with zero attached hydrogens (tertiary/aromatic N) is 2. The van der Waals surface area contributed by atoms with Crippen molar-refractivity contribution in [3.63, 3.8) is 0 Å². The summed E-state index contributed by atoms with van der Waals surface area (Å²) in [6.07, 6.45) is 6.13. The van der Waals surface area contributed by atoms with Crippen molar-refractivity contribution in [2.24, 2.45) is 0 Å². The van der Waals surface area contributed by atoms with Gasteiger partial charge in [-0.2, -0.15) is 5.10 Å². The van der Waals surface area contributed by atoms with Crippen LogP contribution in [0.4, 0.5) is 0 Å². The van der Waals surface area contributed by atoms with Gasteiger partial charge in [0, 0.05) is 50.2 Å². The van der Waals surface area contributed by atoms with E-state index in [0.29, 0.717) is 6.54 Å². The number of hydrogen-bond acceptors (Lipinski definition) is 4. The number of methoxy groups -OCH3 is 1. The van der Waals surface area contributed by atoms with Gasteiger partial charge >= 0.3 is 0 Å². The molecule has 3 heterocycles. The highest BCUT2D eigenvalue weighted by atomic mass is 16.5. The number of carbonyl (C=O) groups is 1. The Kier molecular flexibility index (Phi) is 6.44. The number of rotatable bonds is 7. The van der Waals surface area contributed by atoms with Crippen molar-refractivity contribution in [2.45, 2.75) is 25.0 Å². The fourth-order valence-electron chi connectivity index (χ4n) is 5.48. The largest absolute Gasteiger partial charge is 0.376 e. The van der Waals surface area contributed by atoms with Crippen LogP contribution in [0.3, 0.4) is 0 Å². The third kappa shape index (κ3) is 4.93. The van der Waals surface area contributed by atoms with Crippen molar-refractivity contribution in [3.05, 3.63) is 106 Å². The summed E-state index contributed by atoms with van der Waals surface area (Å²) in [5.74, 6) is 0.0547. The lowest BCUT2D eigenvalue weighted by atomic mass is 9.92. The first-order chi connectivity index (χ1) is 18.5. The molecular weight excluding hydrogens is 472 g/mol. The van der Waals surface area contributed by atoms with E-state index in [1.807, 2.05) is 30.4 Å². The summed E-state index contributed by atoms with van der Waals surface area (Å²) in [6, 6.07) is 25.0. The predicted molar refractivity (Wildman–Crippen MR) is 152 cm³/mol. The average molecular weight is 505 g/mol. The molecule has 1 atom stereocenters. The molecule has 1 unspecified atom stereocenters. The molecule has 0 saturated carbocycles. The molecule has 6 heteroatoms. The highest BCUT2D eigenvalue weighted by Crippen LogP contribution is 2.31. The van der Waals surface area contributed by atoms with Crippen LogP contribution in [0.25, 0.3) is 29.1 Å². The zero-order valence-electron chi connectivity index (χ0n) is 21.8. The number of H-pyrrole nitrogens is 1. The molecule has 0 bridgehead atoms. The summed E-state index contributed by atoms with van der Waals surface area (Å²) in [7, 11) is 1.79. The number of amides is 1. The zero-order valence-corrected chi connectivity index (χ0v) is 21.8. The van der Waals surface area contributed by atoms with E-state index in [2.05, 4.69) is 88.0 Å². The second-order valence-electron chi connectivity index (χ2n) is 10.6. The molecule has 0 radical (unpaired) electrons. The minimum Gasteiger partial charge on any atom is -0.376 e. The summed E-state index contributed by atoms with van der Waals surface area (Å²) in [5, 5.41) is 11.7. The Labute approximate surface area is 223 Å². The maximum absolute atomic E-state index is 12.6. The molecule has 2 fully saturated rings. The molecule has 6 nitrogen and oxygen atoms in total. The number of hydrogen-bond donors (Lipinski definition) is 2. The molecule has 1 amide bonds. The second-order valence-corrected chi connectivity index (χ2v) is 10.6. The normalized spacial score (nSPS) is 20.3. The summed E-state index contributed by atoms with van der Waals surface area (Å²) in [5.41, 5.74) is 7.20. The predicted octanol–water partition coefficient (Wildman–Crippen LogP) is 5.25. The van der Waals surface area contributed by atoms with Gasteiger partial charge in [0.2, 0.25) is 5.91 Å². The summed E-state index contributed by atoms with van der Waals surface area (Å²) in [6.45, 7) is 5.67. The van der Waals surface area contributed by atoms with Gasteiger partial charge in [-0.1, -0.05) is 66.7 Å². The van der Waals surface area contributed by atoms with E-state index >= 15 is 0 Å². The van der Waals surface area contributed by atoms with Crippen molar-refractivity contribution < 1.29 is 9.53 Å². The monoisotopic (exact) mass is 504 g/mol. The van der Waals surface area contributed by atoms with Crippen LogP contribution in [0.2, 0.25) is 0 Å². The van der Waals surface area contributed by atoms with Crippen LogP contribution in [-0.2, 0) is 16.1 Å². The minimum atomic E-state index is -0.00322. The number of benzene rings is 3. The molecule has 2 N–H and O–H groups in total. The Hall–Kier alpha value is -4.00. The van der Waals surface area contributed by atoms with Crippen LogP contribution in [0.5, 0.6) is 0 Å². The Morgan fingerprint density at radius 3 is 2.55 bits per heavy atom. The number of fused-ring (bicyclic) bond motifs is 1. The quantitative estimate of drug-likeness (QED) is 0.337. The molecule has 0 aliphatic carbocycles. The lowest BCUT2D eigenvalue weighted by molar-refractivity contribution is -0.116. The molecule has 4 aromatic rings. The fraction of sp³-hybridized carbons (Fsp3) is 0.250. The van der Waals surface area contributed by atoms with Crippen molar-refractivity contribution in [3.8, 4) is 0 Å². The molecule has 1 aromatic heterocycles. The SMILES string of the molecule is COC1(C)CN(Cc2ccc(/C=C/c3n[nH]c4cc(/C=C5/C(=O)NCC5c5ccccc5)ccc34)cc2)C1. The van der Waals surface area contributed by atoms with Crippen LogP contribution in [0.15, 0.2) is 78.4 Å². The molecule has 3 aromatic carbocycles. The van der Waals surface area contributed by atoms with Gasteiger partial charge in [-0.3, -0.25) is 14.8 Å². The second kappa shape index (κ2) is 10.0. The highest BCUT2D eigenvalue weighted by Gasteiger charge is 2.38. The van der Waals surface area contributed by atoms with E-state index in [4.69, 9.17) is 4.74 Å². The molecule has 6 rings (SSSR count). The van der Waals surface area contributed by atoms with Crippen LogP contribution >= 0.6 is 0 Å². The van der Waals surface area contributed by atoms with Gasteiger partial charge in [-0.25, -0.2) is 0 Å². The lowest BCUT2D eigenvalue weighted by Gasteiger charge is -2.47. The molecule has 38 heavy (non-hydrogen) atoms. The number of ether oxygens (including phenoxy) is 1. The molecule has 192 valence electrons.